The minimum absolute atomic E-state index is 0.191. The average molecular weight is 374 g/mol. The number of fused-ring (bicyclic) bond motifs is 2. The highest BCUT2D eigenvalue weighted by atomic mass is 16.1. The van der Waals surface area contributed by atoms with Crippen molar-refractivity contribution in [1.82, 2.24) is 25.1 Å². The van der Waals surface area contributed by atoms with Crippen LogP contribution >= 0.6 is 0 Å². The van der Waals surface area contributed by atoms with Crippen LogP contribution in [0.5, 0.6) is 0 Å². The fraction of sp³-hybridized carbons (Fsp3) is 0.286. The van der Waals surface area contributed by atoms with Crippen molar-refractivity contribution < 1.29 is 4.79 Å². The number of rotatable bonds is 3. The molecule has 142 valence electrons. The topological polar surface area (TPSA) is 89.7 Å². The largest absolute Gasteiger partial charge is 0.357 e. The van der Waals surface area contributed by atoms with Crippen LogP contribution in [0.3, 0.4) is 0 Å². The van der Waals surface area contributed by atoms with Gasteiger partial charge in [-0.1, -0.05) is 6.07 Å². The predicted octanol–water partition coefficient (Wildman–Crippen LogP) is 3.77. The summed E-state index contributed by atoms with van der Waals surface area (Å²) in [5, 5.41) is 12.1. The fourth-order valence-corrected chi connectivity index (χ4v) is 4.09. The van der Waals surface area contributed by atoms with Crippen LogP contribution in [0.25, 0.3) is 21.8 Å². The van der Waals surface area contributed by atoms with Gasteiger partial charge < -0.3 is 10.3 Å². The highest BCUT2D eigenvalue weighted by Gasteiger charge is 2.24. The lowest BCUT2D eigenvalue weighted by molar-refractivity contribution is 0.102. The van der Waals surface area contributed by atoms with Crippen LogP contribution in [-0.2, 0) is 0 Å². The number of aromatic amines is 2. The van der Waals surface area contributed by atoms with Crippen molar-refractivity contribution in [3.8, 4) is 0 Å². The zero-order chi connectivity index (χ0) is 19.3. The number of H-pyrrole nitrogens is 2. The molecule has 0 spiro atoms. The molecule has 1 aliphatic heterocycles. The first-order valence-corrected chi connectivity index (χ1v) is 9.53. The Morgan fingerprint density at radius 1 is 1.25 bits per heavy atom. The molecule has 1 atom stereocenters. The first-order chi connectivity index (χ1) is 13.6. The number of carbonyl (C=O) groups excluding carboxylic acids is 1. The number of nitrogens with zero attached hydrogens (tertiary/aromatic N) is 3. The van der Waals surface area contributed by atoms with Gasteiger partial charge in [0.05, 0.1) is 16.7 Å². The standard InChI is InChI=1S/C21H22N6O/c1-12-15-6-5-13(8-17(15)26-25-12)21(28)24-20-10-16-14(11-22-20)9-18(23-16)19-4-3-7-27(19)2/h5-6,8-11,19,23H,3-4,7H2,1-2H3,(H,25,26)(H,22,24,28)/t19-/m1/s1. The number of benzene rings is 1. The number of aryl methyl sites for hydroxylation is 1. The first-order valence-electron chi connectivity index (χ1n) is 9.53. The molecule has 0 bridgehead atoms. The van der Waals surface area contributed by atoms with Crippen molar-refractivity contribution in [2.45, 2.75) is 25.8 Å². The summed E-state index contributed by atoms with van der Waals surface area (Å²) < 4.78 is 0. The van der Waals surface area contributed by atoms with E-state index >= 15 is 0 Å². The van der Waals surface area contributed by atoms with E-state index in [9.17, 15) is 4.79 Å². The molecule has 3 aromatic heterocycles. The van der Waals surface area contributed by atoms with Crippen LogP contribution in [0.15, 0.2) is 36.5 Å². The normalized spacial score (nSPS) is 17.6. The number of aromatic nitrogens is 4. The van der Waals surface area contributed by atoms with Crippen molar-refractivity contribution in [3.63, 3.8) is 0 Å². The number of nitrogens with one attached hydrogen (secondary N) is 3. The molecule has 0 radical (unpaired) electrons. The van der Waals surface area contributed by atoms with Gasteiger partial charge in [-0.25, -0.2) is 4.98 Å². The molecule has 7 nitrogen and oxygen atoms in total. The van der Waals surface area contributed by atoms with Crippen LogP contribution in [0.1, 0.15) is 40.6 Å². The second-order valence-electron chi connectivity index (χ2n) is 7.54. The molecule has 4 heterocycles. The lowest BCUT2D eigenvalue weighted by Gasteiger charge is -2.17. The maximum absolute atomic E-state index is 12.7. The molecule has 1 fully saturated rings. The maximum atomic E-state index is 12.7. The molecule has 1 amide bonds. The Morgan fingerprint density at radius 2 is 2.14 bits per heavy atom. The zero-order valence-electron chi connectivity index (χ0n) is 15.9. The van der Waals surface area contributed by atoms with Crippen molar-refractivity contribution >= 4 is 33.5 Å². The molecule has 0 saturated carbocycles. The van der Waals surface area contributed by atoms with Crippen LogP contribution < -0.4 is 5.32 Å². The Kier molecular flexibility index (Phi) is 3.91. The third kappa shape index (κ3) is 2.84. The molecule has 4 aromatic rings. The highest BCUT2D eigenvalue weighted by molar-refractivity contribution is 6.06. The van der Waals surface area contributed by atoms with Gasteiger partial charge in [0.25, 0.3) is 5.91 Å². The monoisotopic (exact) mass is 374 g/mol. The number of anilines is 1. The molecule has 0 aliphatic carbocycles. The smallest absolute Gasteiger partial charge is 0.256 e. The molecule has 7 heteroatoms. The number of hydrogen-bond acceptors (Lipinski definition) is 4. The molecule has 1 aliphatic rings. The van der Waals surface area contributed by atoms with E-state index in [0.717, 1.165) is 40.5 Å². The minimum atomic E-state index is -0.191. The number of carbonyl (C=O) groups is 1. The SMILES string of the molecule is Cc1n[nH]c2cc(C(=O)Nc3cc4[nH]c([C@H]5CCCN5C)cc4cn3)ccc12. The second kappa shape index (κ2) is 6.45. The quantitative estimate of drug-likeness (QED) is 0.509. The number of hydrogen-bond donors (Lipinski definition) is 3. The van der Waals surface area contributed by atoms with Gasteiger partial charge in [0.1, 0.15) is 5.82 Å². The Balaban J connectivity index is 1.39. The van der Waals surface area contributed by atoms with E-state index in [-0.39, 0.29) is 5.91 Å². The predicted molar refractivity (Wildman–Crippen MR) is 109 cm³/mol. The maximum Gasteiger partial charge on any atom is 0.256 e. The fourth-order valence-electron chi connectivity index (χ4n) is 4.09. The van der Waals surface area contributed by atoms with Gasteiger partial charge in [-0.3, -0.25) is 14.8 Å². The van der Waals surface area contributed by atoms with Crippen LogP contribution in [0, 0.1) is 6.92 Å². The van der Waals surface area contributed by atoms with E-state index in [2.05, 4.69) is 43.5 Å². The summed E-state index contributed by atoms with van der Waals surface area (Å²) in [5.41, 5.74) is 4.53. The van der Waals surface area contributed by atoms with Gasteiger partial charge in [0, 0.05) is 40.3 Å². The summed E-state index contributed by atoms with van der Waals surface area (Å²) in [7, 11) is 2.16. The molecule has 28 heavy (non-hydrogen) atoms. The molecule has 1 aromatic carbocycles. The third-order valence-electron chi connectivity index (χ3n) is 5.66. The van der Waals surface area contributed by atoms with Crippen LogP contribution in [0.4, 0.5) is 5.82 Å². The molecule has 3 N–H and O–H groups in total. The van der Waals surface area contributed by atoms with Gasteiger partial charge in [-0.15, -0.1) is 0 Å². The van der Waals surface area contributed by atoms with Gasteiger partial charge in [0.15, 0.2) is 0 Å². The van der Waals surface area contributed by atoms with Crippen LogP contribution in [-0.4, -0.2) is 44.6 Å². The van der Waals surface area contributed by atoms with E-state index in [4.69, 9.17) is 0 Å². The van der Waals surface area contributed by atoms with Gasteiger partial charge in [-0.2, -0.15) is 5.10 Å². The lowest BCUT2D eigenvalue weighted by Crippen LogP contribution is -2.17. The lowest BCUT2D eigenvalue weighted by atomic mass is 10.1. The Hall–Kier alpha value is -3.19. The number of amides is 1. The minimum Gasteiger partial charge on any atom is -0.357 e. The van der Waals surface area contributed by atoms with E-state index in [0.29, 0.717) is 17.4 Å². The summed E-state index contributed by atoms with van der Waals surface area (Å²) in [6.45, 7) is 3.06. The zero-order valence-corrected chi connectivity index (χ0v) is 15.9. The Bertz CT molecular complexity index is 1190. The first kappa shape index (κ1) is 16.9. The molecular weight excluding hydrogens is 352 g/mol. The summed E-state index contributed by atoms with van der Waals surface area (Å²) in [5.74, 6) is 0.342. The molecular formula is C21H22N6O. The van der Waals surface area contributed by atoms with Crippen LogP contribution in [0.2, 0.25) is 0 Å². The Morgan fingerprint density at radius 3 is 2.96 bits per heavy atom. The van der Waals surface area contributed by atoms with E-state index in [1.807, 2.05) is 25.1 Å². The van der Waals surface area contributed by atoms with Crippen molar-refractivity contribution in [3.05, 3.63) is 53.5 Å². The molecule has 0 unspecified atom stereocenters. The van der Waals surface area contributed by atoms with E-state index in [1.54, 1.807) is 12.3 Å². The van der Waals surface area contributed by atoms with Gasteiger partial charge in [-0.05, 0) is 51.6 Å². The summed E-state index contributed by atoms with van der Waals surface area (Å²) >= 11 is 0. The molecule has 5 rings (SSSR count). The average Bonchev–Trinajstić information content (AvgIpc) is 3.39. The molecule has 1 saturated heterocycles. The summed E-state index contributed by atoms with van der Waals surface area (Å²) in [4.78, 5) is 22.9. The van der Waals surface area contributed by atoms with E-state index < -0.39 is 0 Å². The van der Waals surface area contributed by atoms with Gasteiger partial charge in [0.2, 0.25) is 0 Å². The van der Waals surface area contributed by atoms with Gasteiger partial charge >= 0.3 is 0 Å². The summed E-state index contributed by atoms with van der Waals surface area (Å²) in [6, 6.07) is 10.0. The summed E-state index contributed by atoms with van der Waals surface area (Å²) in [6.07, 6.45) is 4.19. The number of likely N-dealkylation sites (tertiary alicyclic amines) is 1. The van der Waals surface area contributed by atoms with Crippen molar-refractivity contribution in [2.24, 2.45) is 0 Å². The third-order valence-corrected chi connectivity index (χ3v) is 5.66. The number of pyridine rings is 1. The van der Waals surface area contributed by atoms with E-state index in [1.165, 1.54) is 12.1 Å². The second-order valence-corrected chi connectivity index (χ2v) is 7.54. The van der Waals surface area contributed by atoms with Crippen molar-refractivity contribution in [2.75, 3.05) is 18.9 Å². The highest BCUT2D eigenvalue weighted by Crippen LogP contribution is 2.32. The Labute approximate surface area is 162 Å². The van der Waals surface area contributed by atoms with Crippen molar-refractivity contribution in [1.29, 1.82) is 0 Å².